The summed E-state index contributed by atoms with van der Waals surface area (Å²) in [6, 6.07) is 8.13. The van der Waals surface area contributed by atoms with Gasteiger partial charge in [-0.2, -0.15) is 13.2 Å². The normalized spacial score (nSPS) is 28.9. The minimum atomic E-state index is -4.42. The van der Waals surface area contributed by atoms with Crippen LogP contribution in [0.1, 0.15) is 54.4 Å². The molecule has 4 bridgehead atoms. The van der Waals surface area contributed by atoms with Gasteiger partial charge in [-0.1, -0.05) is 0 Å². The van der Waals surface area contributed by atoms with Crippen LogP contribution in [0.25, 0.3) is 0 Å². The number of nitrogens with zero attached hydrogens (tertiary/aromatic N) is 3. The Bertz CT molecular complexity index is 1140. The van der Waals surface area contributed by atoms with Gasteiger partial charge in [0.15, 0.2) is 0 Å². The predicted molar refractivity (Wildman–Crippen MR) is 133 cm³/mol. The standard InChI is InChI=1S/C28H31F3N4O2/c29-28(30,31)22-3-1-21(2-4-22)25(36)35-9-7-34(8-10-35)24-6-5-23(17-32-24)33-26(37)27-14-18-11-19(15-27)13-20(12-18)16-27/h1-6,17-20H,7-16H2,(H,33,37). The third kappa shape index (κ3) is 4.68. The van der Waals surface area contributed by atoms with Gasteiger partial charge < -0.3 is 15.1 Å². The van der Waals surface area contributed by atoms with Crippen LogP contribution in [0.2, 0.25) is 0 Å². The number of carbonyl (C=O) groups is 2. The van der Waals surface area contributed by atoms with E-state index in [0.29, 0.717) is 49.6 Å². The van der Waals surface area contributed by atoms with E-state index in [4.69, 9.17) is 0 Å². The van der Waals surface area contributed by atoms with Crippen molar-refractivity contribution in [1.82, 2.24) is 9.88 Å². The number of anilines is 2. The fraction of sp³-hybridized carbons (Fsp3) is 0.536. The van der Waals surface area contributed by atoms with Gasteiger partial charge in [0.2, 0.25) is 5.91 Å². The molecule has 196 valence electrons. The van der Waals surface area contributed by atoms with Gasteiger partial charge in [0.25, 0.3) is 5.91 Å². The van der Waals surface area contributed by atoms with Gasteiger partial charge in [-0.15, -0.1) is 0 Å². The molecule has 1 aromatic heterocycles. The maximum atomic E-state index is 13.3. The molecule has 2 amide bonds. The van der Waals surface area contributed by atoms with Crippen molar-refractivity contribution in [3.63, 3.8) is 0 Å². The Morgan fingerprint density at radius 1 is 0.865 bits per heavy atom. The lowest BCUT2D eigenvalue weighted by Gasteiger charge is -2.55. The van der Waals surface area contributed by atoms with Crippen LogP contribution >= 0.6 is 0 Å². The van der Waals surface area contributed by atoms with Crippen LogP contribution in [0.5, 0.6) is 0 Å². The number of pyridine rings is 1. The summed E-state index contributed by atoms with van der Waals surface area (Å²) in [5, 5.41) is 3.14. The van der Waals surface area contributed by atoms with E-state index in [-0.39, 0.29) is 22.8 Å². The lowest BCUT2D eigenvalue weighted by Crippen LogP contribution is -2.51. The fourth-order valence-electron chi connectivity index (χ4n) is 7.42. The molecule has 0 radical (unpaired) electrons. The summed E-state index contributed by atoms with van der Waals surface area (Å²) in [5.41, 5.74) is -0.0135. The molecule has 5 fully saturated rings. The first-order chi connectivity index (χ1) is 17.7. The van der Waals surface area contributed by atoms with Crippen LogP contribution < -0.4 is 10.2 Å². The zero-order valence-electron chi connectivity index (χ0n) is 20.6. The molecule has 5 aliphatic rings. The zero-order valence-corrected chi connectivity index (χ0v) is 20.6. The highest BCUT2D eigenvalue weighted by Crippen LogP contribution is 2.60. The van der Waals surface area contributed by atoms with Crippen molar-refractivity contribution in [3.05, 3.63) is 53.7 Å². The highest BCUT2D eigenvalue weighted by Gasteiger charge is 2.54. The first-order valence-corrected chi connectivity index (χ1v) is 13.2. The van der Waals surface area contributed by atoms with Gasteiger partial charge in [0.05, 0.1) is 22.9 Å². The quantitative estimate of drug-likeness (QED) is 0.610. The largest absolute Gasteiger partial charge is 0.416 e. The molecule has 0 atom stereocenters. The number of hydrogen-bond acceptors (Lipinski definition) is 4. The highest BCUT2D eigenvalue weighted by atomic mass is 19.4. The lowest BCUT2D eigenvalue weighted by atomic mass is 9.49. The predicted octanol–water partition coefficient (Wildman–Crippen LogP) is 5.22. The molecule has 0 spiro atoms. The number of carbonyl (C=O) groups excluding carboxylic acids is 2. The average molecular weight is 513 g/mol. The van der Waals surface area contributed by atoms with Gasteiger partial charge in [-0.25, -0.2) is 4.98 Å². The monoisotopic (exact) mass is 512 g/mol. The molecule has 9 heteroatoms. The highest BCUT2D eigenvalue weighted by molar-refractivity contribution is 5.96. The van der Waals surface area contributed by atoms with Crippen molar-refractivity contribution >= 4 is 23.3 Å². The summed E-state index contributed by atoms with van der Waals surface area (Å²) in [7, 11) is 0. The third-order valence-corrected chi connectivity index (χ3v) is 8.88. The first kappa shape index (κ1) is 24.2. The SMILES string of the molecule is O=C(c1ccc(C(F)(F)F)cc1)N1CCN(c2ccc(NC(=O)C34CC5CC(CC(C5)C3)C4)cn2)CC1. The summed E-state index contributed by atoms with van der Waals surface area (Å²) in [4.78, 5) is 34.3. The lowest BCUT2D eigenvalue weighted by molar-refractivity contribution is -0.140. The molecule has 1 aliphatic heterocycles. The maximum absolute atomic E-state index is 13.3. The van der Waals surface area contributed by atoms with Crippen molar-refractivity contribution in [3.8, 4) is 0 Å². The third-order valence-electron chi connectivity index (χ3n) is 8.88. The van der Waals surface area contributed by atoms with E-state index < -0.39 is 11.7 Å². The van der Waals surface area contributed by atoms with Gasteiger partial charge >= 0.3 is 6.18 Å². The number of amides is 2. The summed E-state index contributed by atoms with van der Waals surface area (Å²) >= 11 is 0. The van der Waals surface area contributed by atoms with E-state index in [1.165, 1.54) is 31.4 Å². The summed E-state index contributed by atoms with van der Waals surface area (Å²) in [6.45, 7) is 2.04. The second-order valence-electron chi connectivity index (χ2n) is 11.4. The molecule has 37 heavy (non-hydrogen) atoms. The van der Waals surface area contributed by atoms with Crippen LogP contribution in [-0.4, -0.2) is 47.9 Å². The molecule has 4 saturated carbocycles. The molecule has 1 saturated heterocycles. The van der Waals surface area contributed by atoms with E-state index in [1.807, 2.05) is 12.1 Å². The average Bonchev–Trinajstić information content (AvgIpc) is 2.88. The Morgan fingerprint density at radius 2 is 1.46 bits per heavy atom. The molecule has 0 unspecified atom stereocenters. The number of piperazine rings is 1. The number of nitrogens with one attached hydrogen (secondary N) is 1. The maximum Gasteiger partial charge on any atom is 0.416 e. The van der Waals surface area contributed by atoms with Crippen molar-refractivity contribution in [2.75, 3.05) is 36.4 Å². The Hall–Kier alpha value is -3.10. The Kier molecular flexibility index (Phi) is 5.92. The molecule has 4 aliphatic carbocycles. The first-order valence-electron chi connectivity index (χ1n) is 13.2. The van der Waals surface area contributed by atoms with Crippen LogP contribution in [0, 0.1) is 23.2 Å². The smallest absolute Gasteiger partial charge is 0.353 e. The van der Waals surface area contributed by atoms with Gasteiger partial charge in [0, 0.05) is 31.7 Å². The van der Waals surface area contributed by atoms with Gasteiger partial charge in [0.1, 0.15) is 5.82 Å². The van der Waals surface area contributed by atoms with Gasteiger partial charge in [-0.05, 0) is 92.7 Å². The van der Waals surface area contributed by atoms with E-state index in [1.54, 1.807) is 11.1 Å². The van der Waals surface area contributed by atoms with Crippen molar-refractivity contribution < 1.29 is 22.8 Å². The minimum absolute atomic E-state index is 0.150. The number of aromatic nitrogens is 1. The van der Waals surface area contributed by atoms with Crippen molar-refractivity contribution in [1.29, 1.82) is 0 Å². The molecule has 2 aromatic rings. The topological polar surface area (TPSA) is 65.5 Å². The van der Waals surface area contributed by atoms with Crippen LogP contribution in [0.15, 0.2) is 42.6 Å². The molecule has 1 aromatic carbocycles. The zero-order chi connectivity index (χ0) is 25.8. The van der Waals surface area contributed by atoms with E-state index in [9.17, 15) is 22.8 Å². The molecule has 6 nitrogen and oxygen atoms in total. The Balaban J connectivity index is 1.03. The molecule has 1 N–H and O–H groups in total. The van der Waals surface area contributed by atoms with Crippen LogP contribution in [-0.2, 0) is 11.0 Å². The van der Waals surface area contributed by atoms with Crippen LogP contribution in [0.3, 0.4) is 0 Å². The van der Waals surface area contributed by atoms with E-state index in [0.717, 1.165) is 37.2 Å². The molecular formula is C28H31F3N4O2. The van der Waals surface area contributed by atoms with E-state index in [2.05, 4.69) is 15.2 Å². The number of alkyl halides is 3. The van der Waals surface area contributed by atoms with Crippen molar-refractivity contribution in [2.45, 2.75) is 44.7 Å². The van der Waals surface area contributed by atoms with Crippen molar-refractivity contribution in [2.24, 2.45) is 23.2 Å². The number of benzene rings is 1. The second kappa shape index (κ2) is 9.03. The second-order valence-corrected chi connectivity index (χ2v) is 11.4. The number of halogens is 3. The number of hydrogen-bond donors (Lipinski definition) is 1. The van der Waals surface area contributed by atoms with Gasteiger partial charge in [-0.3, -0.25) is 9.59 Å². The molecular weight excluding hydrogens is 481 g/mol. The Morgan fingerprint density at radius 3 is 1.97 bits per heavy atom. The van der Waals surface area contributed by atoms with Crippen LogP contribution in [0.4, 0.5) is 24.7 Å². The fourth-order valence-corrected chi connectivity index (χ4v) is 7.42. The summed E-state index contributed by atoms with van der Waals surface area (Å²) in [5.74, 6) is 2.78. The van der Waals surface area contributed by atoms with E-state index >= 15 is 0 Å². The molecule has 2 heterocycles. The molecule has 7 rings (SSSR count). The number of rotatable bonds is 4. The summed E-state index contributed by atoms with van der Waals surface area (Å²) in [6.07, 6.45) is 4.23. The summed E-state index contributed by atoms with van der Waals surface area (Å²) < 4.78 is 38.4. The minimum Gasteiger partial charge on any atom is -0.353 e. The Labute approximate surface area is 214 Å².